The fraction of sp³-hybridized carbons (Fsp3) is 0.385. The molecule has 1 fully saturated rings. The number of ether oxygens (including phenoxy) is 1. The summed E-state index contributed by atoms with van der Waals surface area (Å²) >= 11 is 0.968. The van der Waals surface area contributed by atoms with Gasteiger partial charge in [-0.05, 0) is 61.3 Å². The second kappa shape index (κ2) is 11.1. The maximum atomic E-state index is 15.1. The van der Waals surface area contributed by atoms with Crippen LogP contribution in [0.3, 0.4) is 0 Å². The molecule has 0 aliphatic heterocycles. The van der Waals surface area contributed by atoms with Crippen molar-refractivity contribution in [1.82, 2.24) is 4.98 Å². The number of halogens is 2. The van der Waals surface area contributed by atoms with E-state index in [2.05, 4.69) is 16.6 Å². The number of rotatable bonds is 9. The third-order valence-electron chi connectivity index (χ3n) is 6.76. The lowest BCUT2D eigenvalue weighted by atomic mass is 9.77. The van der Waals surface area contributed by atoms with E-state index < -0.39 is 33.2 Å². The summed E-state index contributed by atoms with van der Waals surface area (Å²) in [5.74, 6) is -2.23. The molecule has 1 aliphatic carbocycles. The van der Waals surface area contributed by atoms with Crippen LogP contribution in [0.5, 0.6) is 5.75 Å². The van der Waals surface area contributed by atoms with E-state index >= 15 is 4.39 Å². The van der Waals surface area contributed by atoms with Gasteiger partial charge in [0.05, 0.1) is 18.4 Å². The standard InChI is InChI=1S/C26H28F2N2O5S2/c1-3-4-15-5-7-16(8-6-15)17-9-10-18(20(27)11-17)25-29-24(14-36-25)37(33,34)30-22-13-21(28)19(26(31)32)12-23(22)35-2/h9-16,30H,3-8H2,1-2H3,(H,31,32)/t15-,16-. The van der Waals surface area contributed by atoms with E-state index in [1.165, 1.54) is 31.4 Å². The first-order valence-electron chi connectivity index (χ1n) is 12.0. The van der Waals surface area contributed by atoms with Crippen LogP contribution in [0.1, 0.15) is 67.3 Å². The monoisotopic (exact) mass is 550 g/mol. The number of carbonyl (C=O) groups is 1. The Labute approximate surface area is 218 Å². The van der Waals surface area contributed by atoms with Crippen molar-refractivity contribution in [2.75, 3.05) is 11.8 Å². The highest BCUT2D eigenvalue weighted by atomic mass is 32.2. The van der Waals surface area contributed by atoms with Crippen molar-refractivity contribution in [1.29, 1.82) is 0 Å². The topological polar surface area (TPSA) is 106 Å². The van der Waals surface area contributed by atoms with Crippen LogP contribution in [-0.4, -0.2) is 31.6 Å². The molecule has 0 saturated heterocycles. The number of carboxylic acids is 1. The molecule has 198 valence electrons. The molecule has 3 aromatic rings. The second-order valence-electron chi connectivity index (χ2n) is 9.18. The van der Waals surface area contributed by atoms with Gasteiger partial charge in [-0.2, -0.15) is 8.42 Å². The quantitative estimate of drug-likeness (QED) is 0.308. The lowest BCUT2D eigenvalue weighted by Gasteiger charge is -2.28. The maximum Gasteiger partial charge on any atom is 0.338 e. The Morgan fingerprint density at radius 1 is 1.16 bits per heavy atom. The van der Waals surface area contributed by atoms with Gasteiger partial charge < -0.3 is 9.84 Å². The Bertz CT molecular complexity index is 1400. The van der Waals surface area contributed by atoms with Crippen molar-refractivity contribution in [3.63, 3.8) is 0 Å². The Kier molecular flexibility index (Phi) is 8.13. The first-order valence-corrected chi connectivity index (χ1v) is 14.4. The normalized spacial score (nSPS) is 17.9. The van der Waals surface area contributed by atoms with E-state index in [-0.39, 0.29) is 27.0 Å². The number of thiazole rings is 1. The van der Waals surface area contributed by atoms with E-state index in [1.807, 2.05) is 6.07 Å². The van der Waals surface area contributed by atoms with Gasteiger partial charge in [0.2, 0.25) is 0 Å². The van der Waals surface area contributed by atoms with Gasteiger partial charge in [-0.25, -0.2) is 18.6 Å². The molecule has 4 rings (SSSR count). The fourth-order valence-corrected chi connectivity index (χ4v) is 7.00. The number of carboxylic acid groups (broad SMARTS) is 1. The zero-order chi connectivity index (χ0) is 26.7. The number of anilines is 1. The molecule has 11 heteroatoms. The minimum atomic E-state index is -4.30. The molecule has 1 aliphatic rings. The molecule has 0 unspecified atom stereocenters. The van der Waals surface area contributed by atoms with Gasteiger partial charge in [0.15, 0.2) is 5.03 Å². The number of nitrogens with one attached hydrogen (secondary N) is 1. The van der Waals surface area contributed by atoms with Crippen molar-refractivity contribution in [2.45, 2.75) is 56.4 Å². The van der Waals surface area contributed by atoms with Gasteiger partial charge in [-0.1, -0.05) is 25.8 Å². The zero-order valence-electron chi connectivity index (χ0n) is 20.5. The highest BCUT2D eigenvalue weighted by Crippen LogP contribution is 2.39. The number of sulfonamides is 1. The van der Waals surface area contributed by atoms with Gasteiger partial charge in [-0.15, -0.1) is 11.3 Å². The largest absolute Gasteiger partial charge is 0.495 e. The van der Waals surface area contributed by atoms with Crippen LogP contribution in [0.4, 0.5) is 14.5 Å². The molecule has 0 atom stereocenters. The first kappa shape index (κ1) is 27.0. The third-order valence-corrected chi connectivity index (χ3v) is 9.03. The smallest absolute Gasteiger partial charge is 0.338 e. The van der Waals surface area contributed by atoms with Crippen molar-refractivity contribution >= 4 is 33.0 Å². The van der Waals surface area contributed by atoms with Gasteiger partial charge in [-0.3, -0.25) is 4.72 Å². The first-order chi connectivity index (χ1) is 17.6. The van der Waals surface area contributed by atoms with Crippen molar-refractivity contribution in [3.8, 4) is 16.3 Å². The van der Waals surface area contributed by atoms with Crippen LogP contribution in [0.15, 0.2) is 40.7 Å². The number of methoxy groups -OCH3 is 1. The summed E-state index contributed by atoms with van der Waals surface area (Å²) in [6.45, 7) is 2.20. The molecule has 0 radical (unpaired) electrons. The van der Waals surface area contributed by atoms with Crippen LogP contribution < -0.4 is 9.46 Å². The van der Waals surface area contributed by atoms with E-state index in [9.17, 15) is 17.6 Å². The van der Waals surface area contributed by atoms with Crippen molar-refractivity contribution in [3.05, 3.63) is 58.5 Å². The summed E-state index contributed by atoms with van der Waals surface area (Å²) in [5.41, 5.74) is 0.193. The molecule has 0 amide bonds. The summed E-state index contributed by atoms with van der Waals surface area (Å²) < 4.78 is 62.2. The highest BCUT2D eigenvalue weighted by Gasteiger charge is 2.25. The average Bonchev–Trinajstić information content (AvgIpc) is 3.35. The molecule has 0 spiro atoms. The summed E-state index contributed by atoms with van der Waals surface area (Å²) in [6.07, 6.45) is 6.78. The summed E-state index contributed by atoms with van der Waals surface area (Å²) in [5, 5.41) is 10.1. The van der Waals surface area contributed by atoms with Crippen LogP contribution >= 0.6 is 11.3 Å². The highest BCUT2D eigenvalue weighted by molar-refractivity contribution is 7.92. The SMILES string of the molecule is CCC[C@H]1CC[C@H](c2ccc(-c3nc(S(=O)(=O)Nc4cc(F)c(C(=O)O)cc4OC)cs3)c(F)c2)CC1. The maximum absolute atomic E-state index is 15.1. The molecule has 0 bridgehead atoms. The van der Waals surface area contributed by atoms with Gasteiger partial charge >= 0.3 is 5.97 Å². The number of benzene rings is 2. The Morgan fingerprint density at radius 2 is 1.89 bits per heavy atom. The Morgan fingerprint density at radius 3 is 2.51 bits per heavy atom. The second-order valence-corrected chi connectivity index (χ2v) is 11.7. The number of aromatic nitrogens is 1. The van der Waals surface area contributed by atoms with Crippen LogP contribution in [0.25, 0.3) is 10.6 Å². The van der Waals surface area contributed by atoms with Crippen LogP contribution in [0, 0.1) is 17.6 Å². The predicted molar refractivity (Wildman–Crippen MR) is 138 cm³/mol. The molecular formula is C26H28F2N2O5S2. The molecule has 37 heavy (non-hydrogen) atoms. The Balaban J connectivity index is 1.53. The van der Waals surface area contributed by atoms with E-state index in [1.54, 1.807) is 6.07 Å². The molecule has 1 saturated carbocycles. The van der Waals surface area contributed by atoms with Gasteiger partial charge in [0, 0.05) is 17.0 Å². The van der Waals surface area contributed by atoms with Crippen molar-refractivity contribution in [2.24, 2.45) is 5.92 Å². The molecule has 2 N–H and O–H groups in total. The molecule has 1 heterocycles. The third kappa shape index (κ3) is 5.93. The Hall–Kier alpha value is -3.05. The summed E-state index contributed by atoms with van der Waals surface area (Å²) in [6, 6.07) is 6.64. The van der Waals surface area contributed by atoms with E-state index in [0.717, 1.165) is 60.6 Å². The summed E-state index contributed by atoms with van der Waals surface area (Å²) in [7, 11) is -3.10. The van der Waals surface area contributed by atoms with Crippen LogP contribution in [0.2, 0.25) is 0 Å². The van der Waals surface area contributed by atoms with E-state index in [0.29, 0.717) is 5.92 Å². The molecular weight excluding hydrogens is 522 g/mol. The average molecular weight is 551 g/mol. The molecule has 7 nitrogen and oxygen atoms in total. The van der Waals surface area contributed by atoms with Gasteiger partial charge in [0.1, 0.15) is 22.4 Å². The lowest BCUT2D eigenvalue weighted by Crippen LogP contribution is -2.15. The molecule has 1 aromatic heterocycles. The summed E-state index contributed by atoms with van der Waals surface area (Å²) in [4.78, 5) is 15.3. The minimum absolute atomic E-state index is 0.178. The van der Waals surface area contributed by atoms with Gasteiger partial charge in [0.25, 0.3) is 10.0 Å². The fourth-order valence-electron chi connectivity index (χ4n) is 4.82. The number of nitrogens with zero attached hydrogens (tertiary/aromatic N) is 1. The molecule has 2 aromatic carbocycles. The number of hydrogen-bond donors (Lipinski definition) is 2. The van der Waals surface area contributed by atoms with E-state index in [4.69, 9.17) is 9.84 Å². The zero-order valence-corrected chi connectivity index (χ0v) is 22.1. The predicted octanol–water partition coefficient (Wildman–Crippen LogP) is 6.67. The number of aromatic carboxylic acids is 1. The van der Waals surface area contributed by atoms with Crippen molar-refractivity contribution < 1.29 is 31.8 Å². The van der Waals surface area contributed by atoms with Crippen LogP contribution in [-0.2, 0) is 10.0 Å². The minimum Gasteiger partial charge on any atom is -0.495 e. The number of hydrogen-bond acceptors (Lipinski definition) is 6. The lowest BCUT2D eigenvalue weighted by molar-refractivity contribution is 0.0691.